The molecule has 0 spiro atoms. The molecule has 1 fully saturated rings. The van der Waals surface area contributed by atoms with Gasteiger partial charge in [-0.05, 0) is 49.8 Å². The van der Waals surface area contributed by atoms with Crippen LogP contribution in [0, 0.1) is 12.8 Å². The average molecular weight is 384 g/mol. The van der Waals surface area contributed by atoms with E-state index in [0.29, 0.717) is 11.6 Å². The molecular formula is C22H26ClN3O. The molecule has 4 nitrogen and oxygen atoms in total. The lowest BCUT2D eigenvalue weighted by Gasteiger charge is -2.41. The summed E-state index contributed by atoms with van der Waals surface area (Å²) in [5.74, 6) is 0.730. The third-order valence-corrected chi connectivity index (χ3v) is 6.26. The van der Waals surface area contributed by atoms with Gasteiger partial charge in [-0.1, -0.05) is 43.5 Å². The fourth-order valence-electron chi connectivity index (χ4n) is 4.47. The predicted octanol–water partition coefficient (Wildman–Crippen LogP) is 5.96. The molecule has 0 N–H and O–H groups in total. The van der Waals surface area contributed by atoms with Gasteiger partial charge in [0.25, 0.3) is 0 Å². The molecule has 1 saturated carbocycles. The van der Waals surface area contributed by atoms with Gasteiger partial charge in [-0.2, -0.15) is 0 Å². The first-order valence-electron chi connectivity index (χ1n) is 9.85. The molecule has 2 amide bonds. The van der Waals surface area contributed by atoms with Gasteiger partial charge in [-0.25, -0.2) is 4.79 Å². The smallest absolute Gasteiger partial charge is 0.291 e. The SMILES string of the molecule is Cc1cccc(Cl)c1N1Cc2cnccc2N(C2CCCC(C)CC2)C1=O. The van der Waals surface area contributed by atoms with Crippen molar-refractivity contribution in [2.75, 3.05) is 9.80 Å². The standard InChI is InChI=1S/C22H26ClN3O/c1-15-5-3-7-18(10-9-15)26-20-11-12-24-13-17(20)14-25(22(26)27)21-16(2)6-4-8-19(21)23/h4,6,8,11-13,15,18H,3,5,7,9-10,14H2,1-2H3. The Morgan fingerprint density at radius 3 is 2.81 bits per heavy atom. The number of hydrogen-bond acceptors (Lipinski definition) is 2. The van der Waals surface area contributed by atoms with Gasteiger partial charge in [-0.15, -0.1) is 0 Å². The minimum Gasteiger partial charge on any atom is -0.291 e. The molecule has 5 heteroatoms. The van der Waals surface area contributed by atoms with Gasteiger partial charge in [0, 0.05) is 24.0 Å². The lowest BCUT2D eigenvalue weighted by atomic mass is 10.0. The molecule has 142 valence electrons. The van der Waals surface area contributed by atoms with E-state index >= 15 is 0 Å². The topological polar surface area (TPSA) is 36.4 Å². The van der Waals surface area contributed by atoms with Crippen LogP contribution in [0.15, 0.2) is 36.7 Å². The Labute approximate surface area is 166 Å². The zero-order valence-corrected chi connectivity index (χ0v) is 16.7. The minimum absolute atomic E-state index is 0.0319. The Morgan fingerprint density at radius 1 is 1.15 bits per heavy atom. The third-order valence-electron chi connectivity index (χ3n) is 5.95. The van der Waals surface area contributed by atoms with Crippen LogP contribution in [-0.2, 0) is 6.54 Å². The number of amides is 2. The molecule has 4 rings (SSSR count). The molecular weight excluding hydrogens is 358 g/mol. The number of nitrogens with zero attached hydrogens (tertiary/aromatic N) is 3. The summed E-state index contributed by atoms with van der Waals surface area (Å²) < 4.78 is 0. The van der Waals surface area contributed by atoms with Crippen LogP contribution in [0.5, 0.6) is 0 Å². The maximum atomic E-state index is 13.7. The Morgan fingerprint density at radius 2 is 2.00 bits per heavy atom. The number of pyridine rings is 1. The van der Waals surface area contributed by atoms with E-state index in [9.17, 15) is 4.79 Å². The normalized spacial score (nSPS) is 23.1. The zero-order valence-electron chi connectivity index (χ0n) is 16.0. The number of aryl methyl sites for hydroxylation is 1. The number of hydrogen-bond donors (Lipinski definition) is 0. The van der Waals surface area contributed by atoms with Gasteiger partial charge >= 0.3 is 6.03 Å². The van der Waals surface area contributed by atoms with Crippen molar-refractivity contribution in [1.82, 2.24) is 4.98 Å². The molecule has 2 heterocycles. The van der Waals surface area contributed by atoms with Gasteiger partial charge in [0.15, 0.2) is 0 Å². The second-order valence-electron chi connectivity index (χ2n) is 7.92. The summed E-state index contributed by atoms with van der Waals surface area (Å²) in [5, 5.41) is 0.616. The van der Waals surface area contributed by atoms with Crippen LogP contribution in [0.25, 0.3) is 0 Å². The van der Waals surface area contributed by atoms with E-state index in [1.807, 2.05) is 47.2 Å². The number of aromatic nitrogens is 1. The molecule has 0 bridgehead atoms. The molecule has 0 saturated heterocycles. The fraction of sp³-hybridized carbons (Fsp3) is 0.455. The van der Waals surface area contributed by atoms with Gasteiger partial charge in [0.2, 0.25) is 0 Å². The van der Waals surface area contributed by atoms with Gasteiger partial charge < -0.3 is 0 Å². The molecule has 1 aliphatic heterocycles. The van der Waals surface area contributed by atoms with E-state index < -0.39 is 0 Å². The van der Waals surface area contributed by atoms with Crippen LogP contribution in [0.2, 0.25) is 5.02 Å². The number of urea groups is 1. The molecule has 2 atom stereocenters. The molecule has 1 aliphatic carbocycles. The molecule has 1 aromatic carbocycles. The van der Waals surface area contributed by atoms with E-state index in [-0.39, 0.29) is 12.1 Å². The molecule has 2 unspecified atom stereocenters. The van der Waals surface area contributed by atoms with Crippen LogP contribution in [0.4, 0.5) is 16.2 Å². The highest BCUT2D eigenvalue weighted by Crippen LogP contribution is 2.39. The van der Waals surface area contributed by atoms with Crippen molar-refractivity contribution in [3.05, 3.63) is 52.8 Å². The summed E-state index contributed by atoms with van der Waals surface area (Å²) in [6, 6.07) is 8.03. The van der Waals surface area contributed by atoms with Crippen molar-refractivity contribution in [2.45, 2.75) is 58.5 Å². The largest absolute Gasteiger partial charge is 0.329 e. The van der Waals surface area contributed by atoms with E-state index in [1.54, 1.807) is 6.20 Å². The van der Waals surface area contributed by atoms with Gasteiger partial charge in [0.1, 0.15) is 0 Å². The number of rotatable bonds is 2. The van der Waals surface area contributed by atoms with Crippen molar-refractivity contribution in [2.24, 2.45) is 5.92 Å². The molecule has 1 aromatic heterocycles. The number of benzene rings is 1. The van der Waals surface area contributed by atoms with Crippen molar-refractivity contribution in [3.63, 3.8) is 0 Å². The number of fused-ring (bicyclic) bond motifs is 1. The Hall–Kier alpha value is -2.07. The summed E-state index contributed by atoms with van der Waals surface area (Å²) in [4.78, 5) is 21.8. The van der Waals surface area contributed by atoms with Crippen LogP contribution in [-0.4, -0.2) is 17.1 Å². The quantitative estimate of drug-likeness (QED) is 0.600. The van der Waals surface area contributed by atoms with Gasteiger partial charge in [-0.3, -0.25) is 14.8 Å². The van der Waals surface area contributed by atoms with E-state index in [0.717, 1.165) is 41.3 Å². The van der Waals surface area contributed by atoms with E-state index in [2.05, 4.69) is 11.9 Å². The summed E-state index contributed by atoms with van der Waals surface area (Å²) in [7, 11) is 0. The number of anilines is 2. The summed E-state index contributed by atoms with van der Waals surface area (Å²) >= 11 is 6.51. The molecule has 2 aromatic rings. The predicted molar refractivity (Wildman–Crippen MR) is 111 cm³/mol. The first-order valence-corrected chi connectivity index (χ1v) is 10.2. The van der Waals surface area contributed by atoms with Crippen LogP contribution >= 0.6 is 11.6 Å². The maximum Gasteiger partial charge on any atom is 0.329 e. The highest BCUT2D eigenvalue weighted by Gasteiger charge is 2.37. The highest BCUT2D eigenvalue weighted by molar-refractivity contribution is 6.34. The monoisotopic (exact) mass is 383 g/mol. The number of para-hydroxylation sites is 1. The average Bonchev–Trinajstić information content (AvgIpc) is 2.86. The number of carbonyl (C=O) groups is 1. The van der Waals surface area contributed by atoms with Crippen LogP contribution in [0.1, 0.15) is 50.2 Å². The first-order chi connectivity index (χ1) is 13.1. The van der Waals surface area contributed by atoms with Crippen LogP contribution in [0.3, 0.4) is 0 Å². The van der Waals surface area contributed by atoms with Crippen molar-refractivity contribution >= 4 is 29.0 Å². The summed E-state index contributed by atoms with van der Waals surface area (Å²) in [6.07, 6.45) is 9.34. The number of halogens is 1. The maximum absolute atomic E-state index is 13.7. The Kier molecular flexibility index (Phi) is 5.09. The summed E-state index contributed by atoms with van der Waals surface area (Å²) in [5.41, 5.74) is 3.91. The molecule has 27 heavy (non-hydrogen) atoms. The number of carbonyl (C=O) groups excluding carboxylic acids is 1. The van der Waals surface area contributed by atoms with E-state index in [1.165, 1.54) is 19.3 Å². The Bertz CT molecular complexity index is 833. The van der Waals surface area contributed by atoms with Crippen LogP contribution < -0.4 is 9.80 Å². The highest BCUT2D eigenvalue weighted by atomic mass is 35.5. The van der Waals surface area contributed by atoms with Crippen molar-refractivity contribution < 1.29 is 4.79 Å². The minimum atomic E-state index is 0.0319. The Balaban J connectivity index is 1.77. The van der Waals surface area contributed by atoms with E-state index in [4.69, 9.17) is 11.6 Å². The third kappa shape index (κ3) is 3.43. The first kappa shape index (κ1) is 18.3. The summed E-state index contributed by atoms with van der Waals surface area (Å²) in [6.45, 7) is 4.83. The zero-order chi connectivity index (χ0) is 19.0. The molecule has 2 aliphatic rings. The molecule has 0 radical (unpaired) electrons. The second-order valence-corrected chi connectivity index (χ2v) is 8.32. The lowest BCUT2D eigenvalue weighted by Crippen LogP contribution is -2.52. The van der Waals surface area contributed by atoms with Crippen molar-refractivity contribution in [1.29, 1.82) is 0 Å². The van der Waals surface area contributed by atoms with Gasteiger partial charge in [0.05, 0.1) is 22.9 Å². The van der Waals surface area contributed by atoms with Crippen molar-refractivity contribution in [3.8, 4) is 0 Å². The lowest BCUT2D eigenvalue weighted by molar-refractivity contribution is 0.246. The second kappa shape index (κ2) is 7.51. The fourth-order valence-corrected chi connectivity index (χ4v) is 4.79.